The van der Waals surface area contributed by atoms with Gasteiger partial charge in [-0.1, -0.05) is 43.0 Å². The first kappa shape index (κ1) is 17.5. The Morgan fingerprint density at radius 2 is 1.65 bits per heavy atom. The molecule has 0 bridgehead atoms. The molecule has 4 nitrogen and oxygen atoms in total. The van der Waals surface area contributed by atoms with E-state index in [-0.39, 0.29) is 12.1 Å². The summed E-state index contributed by atoms with van der Waals surface area (Å²) in [5.74, 6) is -0.359. The van der Waals surface area contributed by atoms with Crippen molar-refractivity contribution in [1.29, 1.82) is 0 Å². The summed E-state index contributed by atoms with van der Waals surface area (Å²) >= 11 is 0. The first-order valence-electron chi connectivity index (χ1n) is 8.44. The molecule has 0 radical (unpaired) electrons. The Labute approximate surface area is 153 Å². The number of nitrogens with two attached hydrogens (primary N) is 2. The first-order chi connectivity index (χ1) is 12.4. The van der Waals surface area contributed by atoms with Crippen LogP contribution in [-0.4, -0.2) is 12.1 Å². The van der Waals surface area contributed by atoms with E-state index in [1.54, 1.807) is 13.0 Å². The van der Waals surface area contributed by atoms with Crippen LogP contribution in [0.25, 0.3) is 16.7 Å². The van der Waals surface area contributed by atoms with Gasteiger partial charge in [-0.15, -0.1) is 0 Å². The summed E-state index contributed by atoms with van der Waals surface area (Å²) in [4.78, 5) is 11.6. The van der Waals surface area contributed by atoms with Gasteiger partial charge < -0.3 is 16.2 Å². The van der Waals surface area contributed by atoms with Crippen molar-refractivity contribution in [3.8, 4) is 11.1 Å². The van der Waals surface area contributed by atoms with Crippen LogP contribution in [0.1, 0.15) is 18.9 Å². The van der Waals surface area contributed by atoms with Gasteiger partial charge in [-0.3, -0.25) is 0 Å². The number of anilines is 2. The Morgan fingerprint density at radius 3 is 2.19 bits per heavy atom. The molecule has 0 aromatic heterocycles. The summed E-state index contributed by atoms with van der Waals surface area (Å²) in [6.07, 6.45) is 6.37. The maximum absolute atomic E-state index is 11.6. The van der Waals surface area contributed by atoms with Crippen molar-refractivity contribution in [1.82, 2.24) is 0 Å². The number of hydrogen-bond donors (Lipinski definition) is 2. The molecule has 2 aromatic rings. The molecule has 26 heavy (non-hydrogen) atoms. The number of allylic oxidation sites excluding steroid dienone is 2. The Morgan fingerprint density at radius 1 is 1.04 bits per heavy atom. The second-order valence-corrected chi connectivity index (χ2v) is 6.44. The summed E-state index contributed by atoms with van der Waals surface area (Å²) < 4.78 is 5.34. The molecule has 4 N–H and O–H groups in total. The minimum atomic E-state index is -0.359. The highest BCUT2D eigenvalue weighted by Crippen LogP contribution is 2.28. The van der Waals surface area contributed by atoms with Crippen LogP contribution in [0.4, 0.5) is 11.4 Å². The average molecular weight is 346 g/mol. The minimum absolute atomic E-state index is 0.238. The third-order valence-corrected chi connectivity index (χ3v) is 4.20. The zero-order valence-corrected chi connectivity index (χ0v) is 14.7. The zero-order valence-electron chi connectivity index (χ0n) is 14.7. The molecule has 4 heteroatoms. The molecule has 1 unspecified atom stereocenters. The molecular weight excluding hydrogens is 324 g/mol. The molecule has 0 aliphatic heterocycles. The third kappa shape index (κ3) is 4.03. The van der Waals surface area contributed by atoms with Gasteiger partial charge in [0.25, 0.3) is 0 Å². The topological polar surface area (TPSA) is 78.3 Å². The predicted octanol–water partition coefficient (Wildman–Crippen LogP) is 4.35. The van der Waals surface area contributed by atoms with Crippen molar-refractivity contribution >= 4 is 22.9 Å². The fraction of sp³-hybridized carbons (Fsp3) is 0.136. The van der Waals surface area contributed by atoms with Crippen LogP contribution in [0.2, 0.25) is 0 Å². The summed E-state index contributed by atoms with van der Waals surface area (Å²) in [6.45, 7) is 5.24. The van der Waals surface area contributed by atoms with E-state index in [4.69, 9.17) is 16.2 Å². The number of benzene rings is 2. The van der Waals surface area contributed by atoms with Gasteiger partial charge in [0.1, 0.15) is 6.10 Å². The lowest BCUT2D eigenvalue weighted by molar-refractivity contribution is -0.141. The van der Waals surface area contributed by atoms with Crippen molar-refractivity contribution in [3.63, 3.8) is 0 Å². The Bertz CT molecular complexity index is 888. The number of carbonyl (C=O) groups is 1. The van der Waals surface area contributed by atoms with Gasteiger partial charge >= 0.3 is 5.97 Å². The molecule has 0 amide bonds. The minimum Gasteiger partial charge on any atom is -0.454 e. The molecule has 0 fully saturated rings. The summed E-state index contributed by atoms with van der Waals surface area (Å²) in [5, 5.41) is 0. The van der Waals surface area contributed by atoms with Crippen LogP contribution in [0.3, 0.4) is 0 Å². The van der Waals surface area contributed by atoms with Gasteiger partial charge in [-0.05, 0) is 53.5 Å². The molecule has 0 saturated heterocycles. The Hall–Kier alpha value is -3.27. The molecule has 2 aromatic carbocycles. The molecule has 3 rings (SSSR count). The highest BCUT2D eigenvalue weighted by molar-refractivity contribution is 5.87. The van der Waals surface area contributed by atoms with E-state index < -0.39 is 0 Å². The molecule has 1 atom stereocenters. The monoisotopic (exact) mass is 346 g/mol. The standard InChI is InChI=1S/C22H22N2O2/c1-14(2)22(25)26-21-9-7-16(8-10-21)15-3-5-17(6-4-15)18-11-19(23)13-20(24)12-18/h3-9,11-13,21H,1,10,23-24H2,2H3. The number of nitrogen functional groups attached to an aromatic ring is 2. The van der Waals surface area contributed by atoms with E-state index in [1.165, 1.54) is 0 Å². The highest BCUT2D eigenvalue weighted by Gasteiger charge is 2.15. The van der Waals surface area contributed by atoms with Gasteiger partial charge in [-0.2, -0.15) is 0 Å². The molecule has 0 saturated carbocycles. The van der Waals surface area contributed by atoms with Crippen LogP contribution in [-0.2, 0) is 9.53 Å². The normalized spacial score (nSPS) is 16.0. The molecule has 1 aliphatic carbocycles. The van der Waals surface area contributed by atoms with E-state index >= 15 is 0 Å². The van der Waals surface area contributed by atoms with Crippen molar-refractivity contribution in [2.45, 2.75) is 19.4 Å². The van der Waals surface area contributed by atoms with Crippen molar-refractivity contribution in [2.24, 2.45) is 0 Å². The second kappa shape index (κ2) is 7.31. The van der Waals surface area contributed by atoms with Gasteiger partial charge in [0.15, 0.2) is 0 Å². The highest BCUT2D eigenvalue weighted by atomic mass is 16.5. The number of hydrogen-bond acceptors (Lipinski definition) is 4. The predicted molar refractivity (Wildman–Crippen MR) is 107 cm³/mol. The molecule has 1 aliphatic rings. The maximum Gasteiger partial charge on any atom is 0.333 e. The Balaban J connectivity index is 1.72. The van der Waals surface area contributed by atoms with Crippen molar-refractivity contribution in [2.75, 3.05) is 11.5 Å². The van der Waals surface area contributed by atoms with Gasteiger partial charge in [0, 0.05) is 23.4 Å². The third-order valence-electron chi connectivity index (χ3n) is 4.20. The van der Waals surface area contributed by atoms with E-state index in [0.29, 0.717) is 23.4 Å². The SMILES string of the molecule is C=C(C)C(=O)OC1C=CC(c2ccc(-c3cc(N)cc(N)c3)cc2)=CC1. The van der Waals surface area contributed by atoms with Crippen LogP contribution >= 0.6 is 0 Å². The van der Waals surface area contributed by atoms with Gasteiger partial charge in [-0.25, -0.2) is 4.79 Å². The molecule has 0 heterocycles. The van der Waals surface area contributed by atoms with Crippen molar-refractivity contribution in [3.05, 3.63) is 78.4 Å². The lowest BCUT2D eigenvalue weighted by Gasteiger charge is -2.17. The fourth-order valence-corrected chi connectivity index (χ4v) is 2.84. The molecule has 0 spiro atoms. The number of esters is 1. The number of ether oxygens (including phenoxy) is 1. The second-order valence-electron chi connectivity index (χ2n) is 6.44. The summed E-state index contributed by atoms with van der Waals surface area (Å²) in [7, 11) is 0. The first-order valence-corrected chi connectivity index (χ1v) is 8.44. The van der Waals surface area contributed by atoms with Crippen LogP contribution in [0.5, 0.6) is 0 Å². The van der Waals surface area contributed by atoms with E-state index in [9.17, 15) is 4.79 Å². The smallest absolute Gasteiger partial charge is 0.333 e. The van der Waals surface area contributed by atoms with Gasteiger partial charge in [0.2, 0.25) is 0 Å². The summed E-state index contributed by atoms with van der Waals surface area (Å²) in [5.41, 5.74) is 17.7. The molecular formula is C22H22N2O2. The number of rotatable bonds is 4. The van der Waals surface area contributed by atoms with Gasteiger partial charge in [0.05, 0.1) is 0 Å². The summed E-state index contributed by atoms with van der Waals surface area (Å²) in [6, 6.07) is 13.8. The fourth-order valence-electron chi connectivity index (χ4n) is 2.84. The lowest BCUT2D eigenvalue weighted by Crippen LogP contribution is -2.17. The molecule has 132 valence electrons. The average Bonchev–Trinajstić information content (AvgIpc) is 2.61. The van der Waals surface area contributed by atoms with Crippen molar-refractivity contribution < 1.29 is 9.53 Å². The van der Waals surface area contributed by atoms with E-state index in [2.05, 4.69) is 24.8 Å². The lowest BCUT2D eigenvalue weighted by atomic mass is 9.96. The van der Waals surface area contributed by atoms with E-state index in [1.807, 2.05) is 36.4 Å². The van der Waals surface area contributed by atoms with Crippen LogP contribution < -0.4 is 11.5 Å². The largest absolute Gasteiger partial charge is 0.454 e. The van der Waals surface area contributed by atoms with E-state index in [0.717, 1.165) is 22.3 Å². The maximum atomic E-state index is 11.6. The van der Waals surface area contributed by atoms with Crippen LogP contribution in [0, 0.1) is 0 Å². The van der Waals surface area contributed by atoms with Crippen LogP contribution in [0.15, 0.2) is 72.8 Å². The Kier molecular flexibility index (Phi) is 4.94. The quantitative estimate of drug-likeness (QED) is 0.490. The number of carbonyl (C=O) groups excluding carboxylic acids is 1. The zero-order chi connectivity index (χ0) is 18.7.